The number of carbonyl (C=O) groups excluding carboxylic acids is 2. The van der Waals surface area contributed by atoms with Crippen LogP contribution >= 0.6 is 0 Å². The van der Waals surface area contributed by atoms with Crippen LogP contribution in [0.4, 0.5) is 0 Å². The monoisotopic (exact) mass is 278 g/mol. The number of carbonyl (C=O) groups is 2. The molecule has 1 amide bonds. The van der Waals surface area contributed by atoms with Crippen LogP contribution in [0.15, 0.2) is 24.3 Å². The highest BCUT2D eigenvalue weighted by atomic mass is 16.5. The number of rotatable bonds is 4. The van der Waals surface area contributed by atoms with Crippen molar-refractivity contribution in [2.45, 2.75) is 25.1 Å². The number of nitrogens with one attached hydrogen (secondary N) is 2. The van der Waals surface area contributed by atoms with Crippen LogP contribution in [0.1, 0.15) is 11.1 Å². The number of esters is 1. The fraction of sp³-hybridized carbons (Fsp3) is 0.429. The van der Waals surface area contributed by atoms with E-state index in [1.807, 2.05) is 24.3 Å². The van der Waals surface area contributed by atoms with E-state index in [1.165, 1.54) is 12.7 Å². The maximum Gasteiger partial charge on any atom is 0.336 e. The average molecular weight is 278 g/mol. The van der Waals surface area contributed by atoms with Gasteiger partial charge in [0, 0.05) is 6.54 Å². The largest absolute Gasteiger partial charge is 0.467 e. The quantitative estimate of drug-likeness (QED) is 0.637. The molecule has 0 radical (unpaired) electrons. The first-order chi connectivity index (χ1) is 9.61. The Bertz CT molecular complexity index is 504. The Kier molecular flexibility index (Phi) is 4.70. The molecule has 6 heteroatoms. The molecule has 2 unspecified atom stereocenters. The van der Waals surface area contributed by atoms with Gasteiger partial charge in [-0.2, -0.15) is 0 Å². The first kappa shape index (κ1) is 14.5. The van der Waals surface area contributed by atoms with E-state index in [-0.39, 0.29) is 18.5 Å². The zero-order chi connectivity index (χ0) is 14.5. The first-order valence-electron chi connectivity index (χ1n) is 6.45. The Balaban J connectivity index is 1.87. The SMILES string of the molecule is COC(=O)C(O)CNC(=O)C1Cc2ccccc2CN1. The molecule has 2 atom stereocenters. The van der Waals surface area contributed by atoms with E-state index < -0.39 is 12.1 Å². The summed E-state index contributed by atoms with van der Waals surface area (Å²) in [5.74, 6) is -0.991. The lowest BCUT2D eigenvalue weighted by Gasteiger charge is -2.25. The van der Waals surface area contributed by atoms with Crippen LogP contribution in [0.2, 0.25) is 0 Å². The summed E-state index contributed by atoms with van der Waals surface area (Å²) >= 11 is 0. The summed E-state index contributed by atoms with van der Waals surface area (Å²) in [5.41, 5.74) is 2.33. The molecule has 0 saturated carbocycles. The second-order valence-electron chi connectivity index (χ2n) is 4.69. The van der Waals surface area contributed by atoms with Crippen molar-refractivity contribution in [2.75, 3.05) is 13.7 Å². The number of ether oxygens (including phenoxy) is 1. The molecule has 0 fully saturated rings. The van der Waals surface area contributed by atoms with Gasteiger partial charge in [-0.3, -0.25) is 4.79 Å². The zero-order valence-corrected chi connectivity index (χ0v) is 11.3. The Labute approximate surface area is 117 Å². The lowest BCUT2D eigenvalue weighted by Crippen LogP contribution is -2.49. The molecule has 0 saturated heterocycles. The van der Waals surface area contributed by atoms with Gasteiger partial charge in [0.25, 0.3) is 0 Å². The highest BCUT2D eigenvalue weighted by Gasteiger charge is 2.25. The molecule has 0 aromatic heterocycles. The summed E-state index contributed by atoms with van der Waals surface area (Å²) in [6.07, 6.45) is -0.740. The van der Waals surface area contributed by atoms with Crippen LogP contribution in [0.5, 0.6) is 0 Å². The number of aliphatic hydroxyl groups is 1. The van der Waals surface area contributed by atoms with E-state index in [0.29, 0.717) is 13.0 Å². The van der Waals surface area contributed by atoms with Crippen molar-refractivity contribution in [3.05, 3.63) is 35.4 Å². The summed E-state index contributed by atoms with van der Waals surface area (Å²) in [7, 11) is 1.19. The third kappa shape index (κ3) is 3.34. The second kappa shape index (κ2) is 6.49. The molecule has 0 spiro atoms. The van der Waals surface area contributed by atoms with Crippen molar-refractivity contribution in [2.24, 2.45) is 0 Å². The van der Waals surface area contributed by atoms with Gasteiger partial charge in [-0.1, -0.05) is 24.3 Å². The van der Waals surface area contributed by atoms with Crippen LogP contribution in [-0.4, -0.2) is 42.8 Å². The molecule has 108 valence electrons. The predicted molar refractivity (Wildman–Crippen MR) is 71.8 cm³/mol. The number of fused-ring (bicyclic) bond motifs is 1. The Morgan fingerprint density at radius 2 is 2.15 bits per heavy atom. The third-order valence-electron chi connectivity index (χ3n) is 3.34. The van der Waals surface area contributed by atoms with E-state index in [2.05, 4.69) is 15.4 Å². The van der Waals surface area contributed by atoms with E-state index in [4.69, 9.17) is 0 Å². The predicted octanol–water partition coefficient (Wildman–Crippen LogP) is -0.649. The summed E-state index contributed by atoms with van der Waals surface area (Å²) < 4.78 is 4.38. The van der Waals surface area contributed by atoms with Gasteiger partial charge in [-0.25, -0.2) is 4.79 Å². The van der Waals surface area contributed by atoms with Gasteiger partial charge in [-0.05, 0) is 17.5 Å². The van der Waals surface area contributed by atoms with Crippen LogP contribution in [-0.2, 0) is 27.3 Å². The maximum atomic E-state index is 12.0. The van der Waals surface area contributed by atoms with Gasteiger partial charge in [0.1, 0.15) is 0 Å². The molecule has 1 aliphatic rings. The van der Waals surface area contributed by atoms with Crippen LogP contribution in [0, 0.1) is 0 Å². The van der Waals surface area contributed by atoms with E-state index in [9.17, 15) is 14.7 Å². The summed E-state index contributed by atoms with van der Waals surface area (Å²) in [6.45, 7) is 0.485. The zero-order valence-electron chi connectivity index (χ0n) is 11.3. The molecular formula is C14H18N2O4. The fourth-order valence-electron chi connectivity index (χ4n) is 2.18. The normalized spacial score (nSPS) is 18.8. The number of methoxy groups -OCH3 is 1. The molecular weight excluding hydrogens is 260 g/mol. The third-order valence-corrected chi connectivity index (χ3v) is 3.34. The van der Waals surface area contributed by atoms with Crippen molar-refractivity contribution in [1.82, 2.24) is 10.6 Å². The number of amides is 1. The second-order valence-corrected chi connectivity index (χ2v) is 4.69. The topological polar surface area (TPSA) is 87.7 Å². The van der Waals surface area contributed by atoms with Gasteiger partial charge in [0.05, 0.1) is 19.7 Å². The molecule has 0 bridgehead atoms. The van der Waals surface area contributed by atoms with Gasteiger partial charge >= 0.3 is 5.97 Å². The van der Waals surface area contributed by atoms with Crippen LogP contribution < -0.4 is 10.6 Å². The molecule has 3 N–H and O–H groups in total. The molecule has 6 nitrogen and oxygen atoms in total. The highest BCUT2D eigenvalue weighted by Crippen LogP contribution is 2.16. The fourth-order valence-corrected chi connectivity index (χ4v) is 2.18. The van der Waals surface area contributed by atoms with Crippen molar-refractivity contribution in [3.63, 3.8) is 0 Å². The summed E-state index contributed by atoms with van der Waals surface area (Å²) in [5, 5.41) is 15.1. The van der Waals surface area contributed by atoms with Gasteiger partial charge in [0.15, 0.2) is 6.10 Å². The Hall–Kier alpha value is -1.92. The lowest BCUT2D eigenvalue weighted by molar-refractivity contribution is -0.150. The molecule has 20 heavy (non-hydrogen) atoms. The molecule has 1 aliphatic heterocycles. The van der Waals surface area contributed by atoms with Crippen molar-refractivity contribution in [1.29, 1.82) is 0 Å². The molecule has 1 aromatic carbocycles. The number of hydrogen-bond donors (Lipinski definition) is 3. The van der Waals surface area contributed by atoms with Gasteiger partial charge < -0.3 is 20.5 Å². The first-order valence-corrected chi connectivity index (χ1v) is 6.45. The molecule has 1 aromatic rings. The highest BCUT2D eigenvalue weighted by molar-refractivity contribution is 5.83. The van der Waals surface area contributed by atoms with Crippen LogP contribution in [0.25, 0.3) is 0 Å². The summed E-state index contributed by atoms with van der Waals surface area (Å²) in [6, 6.07) is 7.58. The minimum Gasteiger partial charge on any atom is -0.467 e. The average Bonchev–Trinajstić information content (AvgIpc) is 2.50. The van der Waals surface area contributed by atoms with E-state index >= 15 is 0 Å². The lowest BCUT2D eigenvalue weighted by atomic mass is 9.95. The van der Waals surface area contributed by atoms with E-state index in [1.54, 1.807) is 0 Å². The van der Waals surface area contributed by atoms with Crippen LogP contribution in [0.3, 0.4) is 0 Å². The van der Waals surface area contributed by atoms with Crippen molar-refractivity contribution >= 4 is 11.9 Å². The number of hydrogen-bond acceptors (Lipinski definition) is 5. The minimum absolute atomic E-state index is 0.147. The number of aliphatic hydroxyl groups excluding tert-OH is 1. The van der Waals surface area contributed by atoms with E-state index in [0.717, 1.165) is 5.56 Å². The Morgan fingerprint density at radius 3 is 2.85 bits per heavy atom. The summed E-state index contributed by atoms with van der Waals surface area (Å²) in [4.78, 5) is 23.0. The minimum atomic E-state index is -1.33. The standard InChI is InChI=1S/C14H18N2O4/c1-20-14(19)12(17)8-16-13(18)11-6-9-4-2-3-5-10(9)7-15-11/h2-5,11-12,15,17H,6-8H2,1H3,(H,16,18). The Morgan fingerprint density at radius 1 is 1.45 bits per heavy atom. The van der Waals surface area contributed by atoms with Gasteiger partial charge in [-0.15, -0.1) is 0 Å². The molecule has 1 heterocycles. The molecule has 0 aliphatic carbocycles. The van der Waals surface area contributed by atoms with Crippen molar-refractivity contribution in [3.8, 4) is 0 Å². The van der Waals surface area contributed by atoms with Gasteiger partial charge in [0.2, 0.25) is 5.91 Å². The maximum absolute atomic E-state index is 12.0. The molecule has 2 rings (SSSR count). The number of benzene rings is 1. The smallest absolute Gasteiger partial charge is 0.336 e. The van der Waals surface area contributed by atoms with Crippen molar-refractivity contribution < 1.29 is 19.4 Å².